The second-order valence-corrected chi connectivity index (χ2v) is 3.83. The number of nitriles is 1. The largest absolute Gasteiger partial charge is 0.256 e. The Morgan fingerprint density at radius 3 is 2.82 bits per heavy atom. The Kier molecular flexibility index (Phi) is 3.03. The fourth-order valence-corrected chi connectivity index (χ4v) is 1.65. The van der Waals surface area contributed by atoms with Gasteiger partial charge in [-0.25, -0.2) is 9.37 Å². The van der Waals surface area contributed by atoms with E-state index in [1.807, 2.05) is 6.07 Å². The van der Waals surface area contributed by atoms with Gasteiger partial charge in [0.1, 0.15) is 11.9 Å². The molecule has 0 saturated heterocycles. The predicted octanol–water partition coefficient (Wildman–Crippen LogP) is 3.12. The number of hydrogen-bond donors (Lipinski definition) is 0. The second kappa shape index (κ2) is 4.48. The Labute approximate surface area is 103 Å². The number of aromatic nitrogens is 2. The summed E-state index contributed by atoms with van der Waals surface area (Å²) >= 11 is 5.91. The first-order valence-electron chi connectivity index (χ1n) is 4.81. The SMILES string of the molecule is Cc1ncc(-c2ccc(F)cc2Cl)nc1C#N. The summed E-state index contributed by atoms with van der Waals surface area (Å²) in [6, 6.07) is 5.94. The van der Waals surface area contributed by atoms with Gasteiger partial charge in [0.15, 0.2) is 5.69 Å². The van der Waals surface area contributed by atoms with Crippen LogP contribution in [0.4, 0.5) is 4.39 Å². The zero-order valence-corrected chi connectivity index (χ0v) is 9.66. The molecule has 0 N–H and O–H groups in total. The van der Waals surface area contributed by atoms with Crippen LogP contribution in [0.2, 0.25) is 5.02 Å². The lowest BCUT2D eigenvalue weighted by molar-refractivity contribution is 0.628. The second-order valence-electron chi connectivity index (χ2n) is 3.43. The number of benzene rings is 1. The van der Waals surface area contributed by atoms with E-state index in [-0.39, 0.29) is 10.7 Å². The number of nitrogens with zero attached hydrogens (tertiary/aromatic N) is 3. The van der Waals surface area contributed by atoms with E-state index in [1.54, 1.807) is 6.92 Å². The summed E-state index contributed by atoms with van der Waals surface area (Å²) < 4.78 is 12.9. The van der Waals surface area contributed by atoms with Crippen LogP contribution < -0.4 is 0 Å². The van der Waals surface area contributed by atoms with Gasteiger partial charge in [-0.1, -0.05) is 11.6 Å². The highest BCUT2D eigenvalue weighted by atomic mass is 35.5. The molecule has 3 nitrogen and oxygen atoms in total. The molecule has 0 aliphatic heterocycles. The maximum absolute atomic E-state index is 12.9. The molecule has 0 unspecified atom stereocenters. The molecule has 0 spiro atoms. The van der Waals surface area contributed by atoms with Crippen molar-refractivity contribution in [3.63, 3.8) is 0 Å². The molecule has 17 heavy (non-hydrogen) atoms. The standard InChI is InChI=1S/C12H7ClFN3/c1-7-11(5-15)17-12(6-16-7)9-3-2-8(14)4-10(9)13/h2-4,6H,1H3. The molecule has 2 aromatic rings. The van der Waals surface area contributed by atoms with Gasteiger partial charge in [0.2, 0.25) is 0 Å². The van der Waals surface area contributed by atoms with E-state index in [1.165, 1.54) is 24.4 Å². The van der Waals surface area contributed by atoms with Gasteiger partial charge in [0.25, 0.3) is 0 Å². The Hall–Kier alpha value is -1.99. The van der Waals surface area contributed by atoms with Crippen molar-refractivity contribution in [3.05, 3.63) is 46.6 Å². The minimum absolute atomic E-state index is 0.239. The van der Waals surface area contributed by atoms with Crippen molar-refractivity contribution in [2.45, 2.75) is 6.92 Å². The van der Waals surface area contributed by atoms with Crippen LogP contribution >= 0.6 is 11.6 Å². The third-order valence-electron chi connectivity index (χ3n) is 2.27. The summed E-state index contributed by atoms with van der Waals surface area (Å²) in [5.74, 6) is -0.417. The summed E-state index contributed by atoms with van der Waals surface area (Å²) in [7, 11) is 0. The molecular weight excluding hydrogens is 241 g/mol. The minimum Gasteiger partial charge on any atom is -0.256 e. The van der Waals surface area contributed by atoms with Gasteiger partial charge in [0, 0.05) is 5.56 Å². The van der Waals surface area contributed by atoms with Gasteiger partial charge in [-0.15, -0.1) is 0 Å². The van der Waals surface area contributed by atoms with Crippen LogP contribution in [-0.2, 0) is 0 Å². The molecule has 0 amide bonds. The van der Waals surface area contributed by atoms with E-state index in [4.69, 9.17) is 16.9 Å². The van der Waals surface area contributed by atoms with Crippen molar-refractivity contribution in [3.8, 4) is 17.3 Å². The number of rotatable bonds is 1. The monoisotopic (exact) mass is 247 g/mol. The Morgan fingerprint density at radius 1 is 1.41 bits per heavy atom. The van der Waals surface area contributed by atoms with E-state index in [9.17, 15) is 4.39 Å². The highest BCUT2D eigenvalue weighted by Gasteiger charge is 2.09. The zero-order chi connectivity index (χ0) is 12.4. The summed E-state index contributed by atoms with van der Waals surface area (Å²) in [5.41, 5.74) is 1.80. The van der Waals surface area contributed by atoms with E-state index < -0.39 is 5.82 Å². The Balaban J connectivity index is 2.58. The zero-order valence-electron chi connectivity index (χ0n) is 8.91. The molecule has 0 atom stereocenters. The topological polar surface area (TPSA) is 49.6 Å². The summed E-state index contributed by atoms with van der Waals surface area (Å²) in [6.07, 6.45) is 1.51. The average molecular weight is 248 g/mol. The normalized spacial score (nSPS) is 10.0. The maximum Gasteiger partial charge on any atom is 0.162 e. The van der Waals surface area contributed by atoms with E-state index >= 15 is 0 Å². The van der Waals surface area contributed by atoms with Crippen LogP contribution in [0.3, 0.4) is 0 Å². The van der Waals surface area contributed by atoms with Crippen LogP contribution in [0.5, 0.6) is 0 Å². The predicted molar refractivity (Wildman–Crippen MR) is 61.9 cm³/mol. The van der Waals surface area contributed by atoms with Crippen molar-refractivity contribution >= 4 is 11.6 Å². The number of halogens is 2. The lowest BCUT2D eigenvalue weighted by atomic mass is 10.1. The van der Waals surface area contributed by atoms with Crippen LogP contribution in [0.1, 0.15) is 11.4 Å². The van der Waals surface area contributed by atoms with Gasteiger partial charge >= 0.3 is 0 Å². The van der Waals surface area contributed by atoms with Gasteiger partial charge in [0.05, 0.1) is 22.6 Å². The molecule has 5 heteroatoms. The van der Waals surface area contributed by atoms with E-state index in [0.29, 0.717) is 17.0 Å². The maximum atomic E-state index is 12.9. The molecule has 2 rings (SSSR count). The molecule has 0 radical (unpaired) electrons. The molecule has 0 fully saturated rings. The fraction of sp³-hybridized carbons (Fsp3) is 0.0833. The smallest absolute Gasteiger partial charge is 0.162 e. The van der Waals surface area contributed by atoms with Gasteiger partial charge in [-0.05, 0) is 25.1 Å². The summed E-state index contributed by atoms with van der Waals surface area (Å²) in [4.78, 5) is 8.17. The highest BCUT2D eigenvalue weighted by molar-refractivity contribution is 6.33. The molecule has 1 heterocycles. The quantitative estimate of drug-likeness (QED) is 0.778. The summed E-state index contributed by atoms with van der Waals surface area (Å²) in [6.45, 7) is 1.70. The highest BCUT2D eigenvalue weighted by Crippen LogP contribution is 2.26. The van der Waals surface area contributed by atoms with Crippen molar-refractivity contribution in [1.29, 1.82) is 5.26 Å². The van der Waals surface area contributed by atoms with Crippen molar-refractivity contribution in [2.24, 2.45) is 0 Å². The van der Waals surface area contributed by atoms with Gasteiger partial charge < -0.3 is 0 Å². The Bertz CT molecular complexity index is 620. The summed E-state index contributed by atoms with van der Waals surface area (Å²) in [5, 5.41) is 9.10. The Morgan fingerprint density at radius 2 is 2.18 bits per heavy atom. The van der Waals surface area contributed by atoms with E-state index in [0.717, 1.165) is 0 Å². The molecule has 1 aromatic heterocycles. The van der Waals surface area contributed by atoms with Crippen molar-refractivity contribution in [1.82, 2.24) is 9.97 Å². The third kappa shape index (κ3) is 2.24. The molecule has 84 valence electrons. The third-order valence-corrected chi connectivity index (χ3v) is 2.58. The van der Waals surface area contributed by atoms with Crippen molar-refractivity contribution in [2.75, 3.05) is 0 Å². The molecule has 1 aromatic carbocycles. The number of aryl methyl sites for hydroxylation is 1. The minimum atomic E-state index is -0.417. The van der Waals surface area contributed by atoms with E-state index in [2.05, 4.69) is 9.97 Å². The average Bonchev–Trinajstić information content (AvgIpc) is 2.30. The molecule has 0 aliphatic rings. The van der Waals surface area contributed by atoms with Gasteiger partial charge in [-0.2, -0.15) is 5.26 Å². The van der Waals surface area contributed by atoms with Crippen LogP contribution in [-0.4, -0.2) is 9.97 Å². The molecular formula is C12H7ClFN3. The first-order chi connectivity index (χ1) is 8.11. The molecule has 0 bridgehead atoms. The van der Waals surface area contributed by atoms with Crippen LogP contribution in [0, 0.1) is 24.1 Å². The first-order valence-corrected chi connectivity index (χ1v) is 5.19. The first kappa shape index (κ1) is 11.5. The lowest BCUT2D eigenvalue weighted by Gasteiger charge is -2.04. The lowest BCUT2D eigenvalue weighted by Crippen LogP contribution is -1.95. The van der Waals surface area contributed by atoms with Crippen LogP contribution in [0.15, 0.2) is 24.4 Å². The van der Waals surface area contributed by atoms with Gasteiger partial charge in [-0.3, -0.25) is 4.98 Å². The fourth-order valence-electron chi connectivity index (χ4n) is 1.38. The number of hydrogen-bond acceptors (Lipinski definition) is 3. The van der Waals surface area contributed by atoms with Crippen molar-refractivity contribution < 1.29 is 4.39 Å². The molecule has 0 saturated carbocycles. The molecule has 0 aliphatic carbocycles. The van der Waals surface area contributed by atoms with Crippen LogP contribution in [0.25, 0.3) is 11.3 Å².